The molecule has 4 heteroatoms. The fourth-order valence-corrected chi connectivity index (χ4v) is 3.54. The number of fused-ring (bicyclic) bond motifs is 2. The second kappa shape index (κ2) is 4.38. The molecule has 0 saturated carbocycles. The van der Waals surface area contributed by atoms with Gasteiger partial charge in [0.1, 0.15) is 0 Å². The summed E-state index contributed by atoms with van der Waals surface area (Å²) in [7, 11) is 0. The number of primary amides is 1. The van der Waals surface area contributed by atoms with E-state index in [0.29, 0.717) is 5.56 Å². The molecule has 3 rings (SSSR count). The van der Waals surface area contributed by atoms with Crippen molar-refractivity contribution in [3.63, 3.8) is 0 Å². The van der Waals surface area contributed by atoms with Crippen LogP contribution in [0.4, 0.5) is 0 Å². The van der Waals surface area contributed by atoms with Gasteiger partial charge in [-0.3, -0.25) is 14.6 Å². The van der Waals surface area contributed by atoms with Crippen molar-refractivity contribution in [1.29, 1.82) is 0 Å². The molecular weight excluding hydrogens is 264 g/mol. The summed E-state index contributed by atoms with van der Waals surface area (Å²) in [5.41, 5.74) is 7.01. The number of ketones is 1. The van der Waals surface area contributed by atoms with Crippen LogP contribution in [0.25, 0.3) is 0 Å². The van der Waals surface area contributed by atoms with Crippen LogP contribution in [0, 0.1) is 0 Å². The summed E-state index contributed by atoms with van der Waals surface area (Å²) < 4.78 is 0. The van der Waals surface area contributed by atoms with Gasteiger partial charge >= 0.3 is 0 Å². The van der Waals surface area contributed by atoms with Gasteiger partial charge in [0.25, 0.3) is 0 Å². The third kappa shape index (κ3) is 2.11. The molecule has 2 aliphatic rings. The first kappa shape index (κ1) is 13.7. The monoisotopic (exact) mass is 282 g/mol. The van der Waals surface area contributed by atoms with Gasteiger partial charge in [0.2, 0.25) is 5.91 Å². The van der Waals surface area contributed by atoms with Gasteiger partial charge < -0.3 is 5.73 Å². The Labute approximate surface area is 123 Å². The maximum Gasteiger partial charge on any atom is 0.223 e. The van der Waals surface area contributed by atoms with Crippen LogP contribution in [0.1, 0.15) is 42.6 Å². The zero-order valence-corrected chi connectivity index (χ0v) is 12.2. The van der Waals surface area contributed by atoms with E-state index in [4.69, 9.17) is 10.7 Å². The number of amides is 1. The number of allylic oxidation sites excluding steroid dienone is 2. The van der Waals surface area contributed by atoms with Crippen LogP contribution < -0.4 is 5.73 Å². The first-order valence-electron chi connectivity index (χ1n) is 7.05. The topological polar surface area (TPSA) is 72.5 Å². The molecule has 0 saturated heterocycles. The normalized spacial score (nSPS) is 25.8. The second-order valence-electron chi connectivity index (χ2n) is 6.41. The molecule has 1 amide bonds. The number of benzene rings is 1. The quantitative estimate of drug-likeness (QED) is 0.903. The maximum atomic E-state index is 12.1. The fourth-order valence-electron chi connectivity index (χ4n) is 3.54. The van der Waals surface area contributed by atoms with E-state index in [-0.39, 0.29) is 17.7 Å². The van der Waals surface area contributed by atoms with Crippen LogP contribution in [-0.4, -0.2) is 22.9 Å². The van der Waals surface area contributed by atoms with Crippen molar-refractivity contribution in [2.24, 2.45) is 10.7 Å². The Morgan fingerprint density at radius 3 is 2.76 bits per heavy atom. The van der Waals surface area contributed by atoms with Gasteiger partial charge in [0, 0.05) is 11.3 Å². The van der Waals surface area contributed by atoms with Gasteiger partial charge in [0.15, 0.2) is 5.78 Å². The summed E-state index contributed by atoms with van der Waals surface area (Å²) in [6, 6.07) is 7.56. The summed E-state index contributed by atoms with van der Waals surface area (Å²) in [6.07, 6.45) is 4.36. The molecule has 1 aliphatic heterocycles. The molecule has 0 bridgehead atoms. The van der Waals surface area contributed by atoms with E-state index < -0.39 is 11.3 Å². The summed E-state index contributed by atoms with van der Waals surface area (Å²) >= 11 is 0. The first-order chi connectivity index (χ1) is 9.84. The van der Waals surface area contributed by atoms with E-state index in [1.54, 1.807) is 6.08 Å². The molecule has 0 unspecified atom stereocenters. The molecule has 1 spiro atoms. The van der Waals surface area contributed by atoms with Crippen molar-refractivity contribution in [1.82, 2.24) is 0 Å². The highest BCUT2D eigenvalue weighted by molar-refractivity contribution is 6.15. The van der Waals surface area contributed by atoms with Crippen LogP contribution in [-0.2, 0) is 10.2 Å². The SMILES string of the molecule is CC1(C)C[C@]2(C=CC(=O)c3ccccc32)C(CC(N)=O)=N1. The minimum atomic E-state index is -0.483. The summed E-state index contributed by atoms with van der Waals surface area (Å²) in [4.78, 5) is 28.2. The molecule has 4 nitrogen and oxygen atoms in total. The summed E-state index contributed by atoms with van der Waals surface area (Å²) in [5.74, 6) is -0.395. The minimum absolute atomic E-state index is 0.000596. The van der Waals surface area contributed by atoms with E-state index in [0.717, 1.165) is 17.7 Å². The van der Waals surface area contributed by atoms with Gasteiger partial charge in [-0.1, -0.05) is 30.3 Å². The Kier molecular flexibility index (Phi) is 2.87. The number of carbonyl (C=O) groups is 2. The van der Waals surface area contributed by atoms with Crippen LogP contribution >= 0.6 is 0 Å². The van der Waals surface area contributed by atoms with E-state index in [2.05, 4.69) is 0 Å². The highest BCUT2D eigenvalue weighted by Gasteiger charge is 2.48. The fraction of sp³-hybridized carbons (Fsp3) is 0.353. The molecule has 1 aromatic rings. The van der Waals surface area contributed by atoms with Gasteiger partial charge in [-0.25, -0.2) is 0 Å². The molecule has 21 heavy (non-hydrogen) atoms. The lowest BCUT2D eigenvalue weighted by molar-refractivity contribution is -0.116. The van der Waals surface area contributed by atoms with Crippen molar-refractivity contribution in [2.45, 2.75) is 37.6 Å². The summed E-state index contributed by atoms with van der Waals surface area (Å²) in [6.45, 7) is 4.07. The summed E-state index contributed by atoms with van der Waals surface area (Å²) in [5, 5.41) is 0. The first-order valence-corrected chi connectivity index (χ1v) is 7.05. The van der Waals surface area contributed by atoms with Gasteiger partial charge in [-0.15, -0.1) is 0 Å². The highest BCUT2D eigenvalue weighted by Crippen LogP contribution is 2.47. The average molecular weight is 282 g/mol. The highest BCUT2D eigenvalue weighted by atomic mass is 16.1. The minimum Gasteiger partial charge on any atom is -0.369 e. The van der Waals surface area contributed by atoms with Crippen molar-refractivity contribution >= 4 is 17.4 Å². The number of hydrogen-bond donors (Lipinski definition) is 1. The average Bonchev–Trinajstić information content (AvgIpc) is 2.65. The molecule has 0 aromatic heterocycles. The predicted octanol–water partition coefficient (Wildman–Crippen LogP) is 2.18. The Morgan fingerprint density at radius 1 is 1.33 bits per heavy atom. The van der Waals surface area contributed by atoms with Gasteiger partial charge in [0.05, 0.1) is 17.4 Å². The van der Waals surface area contributed by atoms with E-state index in [1.807, 2.05) is 44.2 Å². The van der Waals surface area contributed by atoms with Crippen LogP contribution in [0.2, 0.25) is 0 Å². The van der Waals surface area contributed by atoms with Gasteiger partial charge in [-0.05, 0) is 31.9 Å². The van der Waals surface area contributed by atoms with Crippen molar-refractivity contribution in [2.75, 3.05) is 0 Å². The van der Waals surface area contributed by atoms with Crippen molar-refractivity contribution in [3.8, 4) is 0 Å². The van der Waals surface area contributed by atoms with Crippen LogP contribution in [0.3, 0.4) is 0 Å². The zero-order chi connectivity index (χ0) is 15.3. The Balaban J connectivity index is 2.20. The molecule has 1 aliphatic carbocycles. The van der Waals surface area contributed by atoms with Crippen LogP contribution in [0.15, 0.2) is 41.4 Å². The molecular formula is C17H18N2O2. The number of hydrogen-bond acceptors (Lipinski definition) is 3. The van der Waals surface area contributed by atoms with Crippen LogP contribution in [0.5, 0.6) is 0 Å². The molecule has 108 valence electrons. The predicted molar refractivity (Wildman–Crippen MR) is 81.5 cm³/mol. The smallest absolute Gasteiger partial charge is 0.223 e. The lowest BCUT2D eigenvalue weighted by atomic mass is 9.67. The number of nitrogens with zero attached hydrogens (tertiary/aromatic N) is 1. The third-order valence-corrected chi connectivity index (χ3v) is 4.20. The maximum absolute atomic E-state index is 12.1. The Morgan fingerprint density at radius 2 is 2.05 bits per heavy atom. The molecule has 2 N–H and O–H groups in total. The Hall–Kier alpha value is -2.23. The lowest BCUT2D eigenvalue weighted by Crippen LogP contribution is -2.38. The number of rotatable bonds is 2. The van der Waals surface area contributed by atoms with Crippen molar-refractivity contribution in [3.05, 3.63) is 47.5 Å². The Bertz CT molecular complexity index is 700. The number of carbonyl (C=O) groups excluding carboxylic acids is 2. The molecule has 0 fully saturated rings. The van der Waals surface area contributed by atoms with E-state index >= 15 is 0 Å². The van der Waals surface area contributed by atoms with E-state index in [9.17, 15) is 9.59 Å². The largest absolute Gasteiger partial charge is 0.369 e. The molecule has 1 heterocycles. The van der Waals surface area contributed by atoms with Crippen molar-refractivity contribution < 1.29 is 9.59 Å². The molecule has 1 aromatic carbocycles. The molecule has 0 radical (unpaired) electrons. The second-order valence-corrected chi connectivity index (χ2v) is 6.41. The number of nitrogens with two attached hydrogens (primary N) is 1. The zero-order valence-electron chi connectivity index (χ0n) is 12.2. The van der Waals surface area contributed by atoms with E-state index in [1.165, 1.54) is 0 Å². The third-order valence-electron chi connectivity index (χ3n) is 4.20. The van der Waals surface area contributed by atoms with Gasteiger partial charge in [-0.2, -0.15) is 0 Å². The molecule has 1 atom stereocenters. The lowest BCUT2D eigenvalue weighted by Gasteiger charge is -2.33. The standard InChI is InChI=1S/C17H18N2O2/c1-16(2)10-17(14(19-16)9-15(18)21)8-7-13(20)11-5-3-4-6-12(11)17/h3-8H,9-10H2,1-2H3,(H2,18,21)/t17-/m0/s1. The number of aliphatic imine (C=N–C) groups is 1.